The van der Waals surface area contributed by atoms with Gasteiger partial charge in [-0.3, -0.25) is 4.98 Å². The van der Waals surface area contributed by atoms with Crippen LogP contribution in [0.2, 0.25) is 0 Å². The highest BCUT2D eigenvalue weighted by molar-refractivity contribution is 5.34. The zero-order valence-corrected chi connectivity index (χ0v) is 11.6. The molecule has 0 aromatic carbocycles. The molecule has 2 heterocycles. The molecule has 6 heteroatoms. The zero-order valence-electron chi connectivity index (χ0n) is 11.6. The van der Waals surface area contributed by atoms with Crippen molar-refractivity contribution in [2.45, 2.75) is 25.3 Å². The van der Waals surface area contributed by atoms with Crippen molar-refractivity contribution in [3.05, 3.63) is 12.4 Å². The Bertz CT molecular complexity index is 394. The minimum Gasteiger partial charge on any atom is -0.477 e. The van der Waals surface area contributed by atoms with Crippen molar-refractivity contribution in [3.63, 3.8) is 0 Å². The van der Waals surface area contributed by atoms with E-state index < -0.39 is 0 Å². The van der Waals surface area contributed by atoms with E-state index >= 15 is 0 Å². The molecule has 0 bridgehead atoms. The van der Waals surface area contributed by atoms with E-state index in [0.29, 0.717) is 19.1 Å². The van der Waals surface area contributed by atoms with E-state index in [0.717, 1.165) is 25.3 Å². The van der Waals surface area contributed by atoms with Crippen LogP contribution in [0.5, 0.6) is 5.88 Å². The minimum atomic E-state index is -0.00194. The van der Waals surface area contributed by atoms with Gasteiger partial charge in [0.15, 0.2) is 0 Å². The van der Waals surface area contributed by atoms with Crippen molar-refractivity contribution in [2.24, 2.45) is 0 Å². The van der Waals surface area contributed by atoms with Crippen molar-refractivity contribution >= 4 is 5.82 Å². The summed E-state index contributed by atoms with van der Waals surface area (Å²) in [7, 11) is 1.73. The van der Waals surface area contributed by atoms with Crippen molar-refractivity contribution in [3.8, 4) is 5.88 Å². The summed E-state index contributed by atoms with van der Waals surface area (Å²) in [5, 5.41) is 6.83. The maximum atomic E-state index is 5.34. The third kappa shape index (κ3) is 3.78. The number of anilines is 1. The first-order valence-electron chi connectivity index (χ1n) is 6.71. The van der Waals surface area contributed by atoms with Gasteiger partial charge in [0.25, 0.3) is 0 Å². The van der Waals surface area contributed by atoms with Gasteiger partial charge in [-0.25, -0.2) is 0 Å². The Labute approximate surface area is 113 Å². The molecule has 1 atom stereocenters. The number of nitrogens with one attached hydrogen (secondary N) is 2. The number of nitrogens with zero attached hydrogens (tertiary/aromatic N) is 2. The lowest BCUT2D eigenvalue weighted by molar-refractivity contribution is 0.127. The van der Waals surface area contributed by atoms with E-state index in [1.165, 1.54) is 6.42 Å². The van der Waals surface area contributed by atoms with Crippen LogP contribution in [0.1, 0.15) is 19.8 Å². The Morgan fingerprint density at radius 1 is 1.47 bits per heavy atom. The zero-order chi connectivity index (χ0) is 13.6. The van der Waals surface area contributed by atoms with E-state index in [-0.39, 0.29) is 5.54 Å². The van der Waals surface area contributed by atoms with Gasteiger partial charge in [-0.1, -0.05) is 0 Å². The number of rotatable bonds is 7. The highest BCUT2D eigenvalue weighted by atomic mass is 16.5. The van der Waals surface area contributed by atoms with Crippen LogP contribution in [0.15, 0.2) is 12.4 Å². The molecule has 0 aliphatic carbocycles. The number of methoxy groups -OCH3 is 1. The molecular formula is C13H22N4O2. The summed E-state index contributed by atoms with van der Waals surface area (Å²) in [6.07, 6.45) is 5.60. The number of ether oxygens (including phenoxy) is 2. The van der Waals surface area contributed by atoms with Gasteiger partial charge < -0.3 is 20.1 Å². The molecule has 1 aliphatic rings. The van der Waals surface area contributed by atoms with E-state index in [9.17, 15) is 0 Å². The summed E-state index contributed by atoms with van der Waals surface area (Å²) < 4.78 is 10.7. The molecule has 1 saturated heterocycles. The first kappa shape index (κ1) is 14.0. The Balaban J connectivity index is 1.95. The molecule has 0 spiro atoms. The van der Waals surface area contributed by atoms with Crippen LogP contribution in [0.3, 0.4) is 0 Å². The topological polar surface area (TPSA) is 68.3 Å². The normalized spacial score (nSPS) is 22.4. The molecule has 2 rings (SSSR count). The van der Waals surface area contributed by atoms with E-state index in [1.807, 2.05) is 6.92 Å². The lowest BCUT2D eigenvalue weighted by atomic mass is 9.99. The summed E-state index contributed by atoms with van der Waals surface area (Å²) in [5.41, 5.74) is -0.00194. The fourth-order valence-electron chi connectivity index (χ4n) is 2.38. The predicted molar refractivity (Wildman–Crippen MR) is 73.5 cm³/mol. The number of hydrogen-bond acceptors (Lipinski definition) is 6. The quantitative estimate of drug-likeness (QED) is 0.769. The molecule has 0 saturated carbocycles. The summed E-state index contributed by atoms with van der Waals surface area (Å²) >= 11 is 0. The summed E-state index contributed by atoms with van der Waals surface area (Å²) in [6.45, 7) is 5.02. The van der Waals surface area contributed by atoms with Gasteiger partial charge in [-0.05, 0) is 26.3 Å². The van der Waals surface area contributed by atoms with Crippen LogP contribution in [0, 0.1) is 0 Å². The molecule has 1 aromatic rings. The van der Waals surface area contributed by atoms with Crippen molar-refractivity contribution in [2.75, 3.05) is 38.7 Å². The van der Waals surface area contributed by atoms with E-state index in [2.05, 4.69) is 20.6 Å². The first-order valence-corrected chi connectivity index (χ1v) is 6.71. The average molecular weight is 266 g/mol. The van der Waals surface area contributed by atoms with Crippen LogP contribution in [0.4, 0.5) is 5.82 Å². The second kappa shape index (κ2) is 6.68. The second-order valence-corrected chi connectivity index (χ2v) is 4.77. The van der Waals surface area contributed by atoms with Gasteiger partial charge in [0.1, 0.15) is 5.82 Å². The largest absolute Gasteiger partial charge is 0.477 e. The maximum Gasteiger partial charge on any atom is 0.234 e. The lowest BCUT2D eigenvalue weighted by Crippen LogP contribution is -2.49. The molecular weight excluding hydrogens is 244 g/mol. The second-order valence-electron chi connectivity index (χ2n) is 4.77. The Morgan fingerprint density at radius 2 is 2.37 bits per heavy atom. The molecule has 6 nitrogen and oxygen atoms in total. The minimum absolute atomic E-state index is 0.00194. The average Bonchev–Trinajstić information content (AvgIpc) is 2.87. The monoisotopic (exact) mass is 266 g/mol. The van der Waals surface area contributed by atoms with E-state index in [4.69, 9.17) is 9.47 Å². The van der Waals surface area contributed by atoms with Gasteiger partial charge >= 0.3 is 0 Å². The fourth-order valence-corrected chi connectivity index (χ4v) is 2.38. The molecule has 0 radical (unpaired) electrons. The summed E-state index contributed by atoms with van der Waals surface area (Å²) in [4.78, 5) is 8.47. The highest BCUT2D eigenvalue weighted by Crippen LogP contribution is 2.20. The van der Waals surface area contributed by atoms with Crippen LogP contribution in [0.25, 0.3) is 0 Å². The SMILES string of the molecule is CCOc1cncc(NCC2(COC)CCCN2)n1. The Morgan fingerprint density at radius 3 is 3.05 bits per heavy atom. The van der Waals surface area contributed by atoms with Crippen molar-refractivity contribution in [1.82, 2.24) is 15.3 Å². The molecule has 0 amide bonds. The third-order valence-electron chi connectivity index (χ3n) is 3.27. The number of hydrogen-bond donors (Lipinski definition) is 2. The van der Waals surface area contributed by atoms with Crippen LogP contribution in [-0.4, -0.2) is 48.9 Å². The standard InChI is InChI=1S/C13H22N4O2/c1-3-19-12-8-14-7-11(17-12)15-9-13(10-18-2)5-4-6-16-13/h7-8,16H,3-6,9-10H2,1-2H3,(H,15,17). The van der Waals surface area contributed by atoms with Crippen LogP contribution >= 0.6 is 0 Å². The molecule has 106 valence electrons. The molecule has 1 unspecified atom stereocenters. The van der Waals surface area contributed by atoms with Gasteiger partial charge in [-0.15, -0.1) is 0 Å². The number of aromatic nitrogens is 2. The van der Waals surface area contributed by atoms with Crippen LogP contribution in [-0.2, 0) is 4.74 Å². The smallest absolute Gasteiger partial charge is 0.234 e. The molecule has 1 fully saturated rings. The Hall–Kier alpha value is -1.40. The van der Waals surface area contributed by atoms with Gasteiger partial charge in [0.2, 0.25) is 5.88 Å². The molecule has 1 aromatic heterocycles. The van der Waals surface area contributed by atoms with Crippen molar-refractivity contribution < 1.29 is 9.47 Å². The fraction of sp³-hybridized carbons (Fsp3) is 0.692. The molecule has 2 N–H and O–H groups in total. The van der Waals surface area contributed by atoms with Crippen molar-refractivity contribution in [1.29, 1.82) is 0 Å². The summed E-state index contributed by atoms with van der Waals surface area (Å²) in [6, 6.07) is 0. The predicted octanol–water partition coefficient (Wildman–Crippen LogP) is 1.06. The third-order valence-corrected chi connectivity index (χ3v) is 3.27. The highest BCUT2D eigenvalue weighted by Gasteiger charge is 2.33. The van der Waals surface area contributed by atoms with Gasteiger partial charge in [0.05, 0.1) is 31.1 Å². The van der Waals surface area contributed by atoms with E-state index in [1.54, 1.807) is 19.5 Å². The first-order chi connectivity index (χ1) is 9.28. The summed E-state index contributed by atoms with van der Waals surface area (Å²) in [5.74, 6) is 1.28. The van der Waals surface area contributed by atoms with Crippen LogP contribution < -0.4 is 15.4 Å². The lowest BCUT2D eigenvalue weighted by Gasteiger charge is -2.29. The molecule has 19 heavy (non-hydrogen) atoms. The van der Waals surface area contributed by atoms with Gasteiger partial charge in [-0.2, -0.15) is 4.98 Å². The van der Waals surface area contributed by atoms with Gasteiger partial charge in [0, 0.05) is 13.7 Å². The Kier molecular flexibility index (Phi) is 4.93. The molecule has 1 aliphatic heterocycles. The maximum absolute atomic E-state index is 5.34.